The van der Waals surface area contributed by atoms with Crippen molar-refractivity contribution in [3.8, 4) is 11.4 Å². The van der Waals surface area contributed by atoms with E-state index in [-0.39, 0.29) is 18.6 Å². The van der Waals surface area contributed by atoms with E-state index in [2.05, 4.69) is 34.3 Å². The van der Waals surface area contributed by atoms with Crippen LogP contribution < -0.4 is 5.32 Å². The Balaban J connectivity index is 2.10. The number of hydrogen-bond acceptors (Lipinski definition) is 4. The maximum Gasteiger partial charge on any atom is 0.251 e. The molecule has 0 fully saturated rings. The second kappa shape index (κ2) is 6.99. The molecule has 1 heterocycles. The van der Waals surface area contributed by atoms with E-state index < -0.39 is 0 Å². The maximum atomic E-state index is 12.2. The van der Waals surface area contributed by atoms with Gasteiger partial charge in [0.2, 0.25) is 0 Å². The summed E-state index contributed by atoms with van der Waals surface area (Å²) >= 11 is 0. The van der Waals surface area contributed by atoms with Gasteiger partial charge in [-0.15, -0.1) is 0 Å². The number of hydrogen-bond donors (Lipinski definition) is 3. The minimum Gasteiger partial charge on any atom is -0.394 e. The lowest BCUT2D eigenvalue weighted by Crippen LogP contribution is -2.38. The van der Waals surface area contributed by atoms with Crippen molar-refractivity contribution >= 4 is 5.91 Å². The summed E-state index contributed by atoms with van der Waals surface area (Å²) in [5.74, 6) is 0.824. The number of carbonyl (C=O) groups is 1. The molecule has 1 unspecified atom stereocenters. The quantitative estimate of drug-likeness (QED) is 0.753. The van der Waals surface area contributed by atoms with E-state index in [1.54, 1.807) is 18.2 Å². The molecule has 2 rings (SSSR count). The van der Waals surface area contributed by atoms with Crippen LogP contribution in [-0.2, 0) is 0 Å². The standard InChI is InChI=1S/C15H20N4O2/c1-10(2)6-13(8-20)18-15(21)12-5-3-4-11(7-12)14-16-9-17-19-14/h3-5,7,9-10,13,20H,6,8H2,1-2H3,(H,18,21)(H,16,17,19). The van der Waals surface area contributed by atoms with Gasteiger partial charge in [0.05, 0.1) is 12.6 Å². The summed E-state index contributed by atoms with van der Waals surface area (Å²) in [6.45, 7) is 4.05. The van der Waals surface area contributed by atoms with Gasteiger partial charge in [0.15, 0.2) is 5.82 Å². The Morgan fingerprint density at radius 1 is 1.43 bits per heavy atom. The molecule has 112 valence electrons. The Labute approximate surface area is 123 Å². The lowest BCUT2D eigenvalue weighted by molar-refractivity contribution is 0.0908. The number of carbonyl (C=O) groups excluding carboxylic acids is 1. The molecule has 0 saturated carbocycles. The predicted octanol–water partition coefficient (Wildman–Crippen LogP) is 1.61. The number of aliphatic hydroxyl groups is 1. The molecule has 1 atom stereocenters. The molecule has 0 aliphatic rings. The van der Waals surface area contributed by atoms with Gasteiger partial charge in [0.25, 0.3) is 5.91 Å². The van der Waals surface area contributed by atoms with Crippen LogP contribution in [-0.4, -0.2) is 38.8 Å². The Hall–Kier alpha value is -2.21. The van der Waals surface area contributed by atoms with E-state index >= 15 is 0 Å². The Morgan fingerprint density at radius 2 is 2.24 bits per heavy atom. The molecule has 0 bridgehead atoms. The fraction of sp³-hybridized carbons (Fsp3) is 0.400. The number of nitrogens with one attached hydrogen (secondary N) is 2. The average molecular weight is 288 g/mol. The molecule has 0 aliphatic heterocycles. The number of amides is 1. The van der Waals surface area contributed by atoms with Crippen LogP contribution in [0.25, 0.3) is 11.4 Å². The maximum absolute atomic E-state index is 12.2. The minimum absolute atomic E-state index is 0.0638. The highest BCUT2D eigenvalue weighted by molar-refractivity contribution is 5.95. The SMILES string of the molecule is CC(C)CC(CO)NC(=O)c1cccc(-c2ncn[nH]2)c1. The molecule has 6 heteroatoms. The molecule has 3 N–H and O–H groups in total. The second-order valence-corrected chi connectivity index (χ2v) is 5.40. The third-order valence-corrected chi connectivity index (χ3v) is 3.12. The van der Waals surface area contributed by atoms with Crippen molar-refractivity contribution in [3.05, 3.63) is 36.2 Å². The highest BCUT2D eigenvalue weighted by atomic mass is 16.3. The summed E-state index contributed by atoms with van der Waals surface area (Å²) < 4.78 is 0. The third kappa shape index (κ3) is 4.13. The zero-order chi connectivity index (χ0) is 15.2. The second-order valence-electron chi connectivity index (χ2n) is 5.40. The van der Waals surface area contributed by atoms with Crippen LogP contribution in [0.15, 0.2) is 30.6 Å². The lowest BCUT2D eigenvalue weighted by atomic mass is 10.0. The van der Waals surface area contributed by atoms with Crippen molar-refractivity contribution in [1.82, 2.24) is 20.5 Å². The predicted molar refractivity (Wildman–Crippen MR) is 79.6 cm³/mol. The van der Waals surface area contributed by atoms with Crippen molar-refractivity contribution < 1.29 is 9.90 Å². The van der Waals surface area contributed by atoms with Gasteiger partial charge < -0.3 is 10.4 Å². The Kier molecular flexibility index (Phi) is 5.05. The first-order valence-electron chi connectivity index (χ1n) is 6.97. The van der Waals surface area contributed by atoms with Gasteiger partial charge in [0.1, 0.15) is 6.33 Å². The van der Waals surface area contributed by atoms with Crippen molar-refractivity contribution in [2.24, 2.45) is 5.92 Å². The van der Waals surface area contributed by atoms with Crippen LogP contribution in [0.4, 0.5) is 0 Å². The molecular weight excluding hydrogens is 268 g/mol. The summed E-state index contributed by atoms with van der Waals surface area (Å²) in [7, 11) is 0. The van der Waals surface area contributed by atoms with Gasteiger partial charge in [-0.1, -0.05) is 26.0 Å². The molecule has 0 saturated heterocycles. The van der Waals surface area contributed by atoms with Crippen molar-refractivity contribution in [1.29, 1.82) is 0 Å². The van der Waals surface area contributed by atoms with E-state index in [0.717, 1.165) is 12.0 Å². The van der Waals surface area contributed by atoms with E-state index in [4.69, 9.17) is 0 Å². The van der Waals surface area contributed by atoms with E-state index in [1.807, 2.05) is 6.07 Å². The molecule has 1 amide bonds. The Bertz CT molecular complexity index is 581. The summed E-state index contributed by atoms with van der Waals surface area (Å²) in [4.78, 5) is 16.3. The summed E-state index contributed by atoms with van der Waals surface area (Å²) in [6, 6.07) is 6.91. The van der Waals surface area contributed by atoms with Crippen molar-refractivity contribution in [2.45, 2.75) is 26.3 Å². The van der Waals surface area contributed by atoms with Crippen LogP contribution in [0.3, 0.4) is 0 Å². The fourth-order valence-electron chi connectivity index (χ4n) is 2.17. The summed E-state index contributed by atoms with van der Waals surface area (Å²) in [5, 5.41) is 18.8. The van der Waals surface area contributed by atoms with Gasteiger partial charge in [-0.25, -0.2) is 4.98 Å². The van der Waals surface area contributed by atoms with Gasteiger partial charge in [-0.2, -0.15) is 5.10 Å². The van der Waals surface area contributed by atoms with E-state index in [1.165, 1.54) is 6.33 Å². The molecule has 0 aliphatic carbocycles. The first-order valence-corrected chi connectivity index (χ1v) is 6.97. The lowest BCUT2D eigenvalue weighted by Gasteiger charge is -2.18. The molecule has 2 aromatic rings. The van der Waals surface area contributed by atoms with Crippen LogP contribution in [0.2, 0.25) is 0 Å². The molecule has 0 radical (unpaired) electrons. The van der Waals surface area contributed by atoms with Crippen molar-refractivity contribution in [2.75, 3.05) is 6.61 Å². The molecule has 21 heavy (non-hydrogen) atoms. The van der Waals surface area contributed by atoms with Gasteiger partial charge in [-0.3, -0.25) is 9.89 Å². The normalized spacial score (nSPS) is 12.4. The van der Waals surface area contributed by atoms with Crippen LogP contribution in [0.1, 0.15) is 30.6 Å². The number of H-pyrrole nitrogens is 1. The molecule has 0 spiro atoms. The number of aliphatic hydroxyl groups excluding tert-OH is 1. The highest BCUT2D eigenvalue weighted by Crippen LogP contribution is 2.15. The van der Waals surface area contributed by atoms with Crippen molar-refractivity contribution in [3.63, 3.8) is 0 Å². The number of benzene rings is 1. The van der Waals surface area contributed by atoms with Crippen LogP contribution >= 0.6 is 0 Å². The summed E-state index contributed by atoms with van der Waals surface area (Å²) in [6.07, 6.45) is 2.16. The number of aromatic nitrogens is 3. The van der Waals surface area contributed by atoms with Crippen LogP contribution in [0.5, 0.6) is 0 Å². The zero-order valence-electron chi connectivity index (χ0n) is 12.2. The fourth-order valence-corrected chi connectivity index (χ4v) is 2.17. The summed E-state index contributed by atoms with van der Waals surface area (Å²) in [5.41, 5.74) is 1.33. The van der Waals surface area contributed by atoms with E-state index in [9.17, 15) is 9.90 Å². The zero-order valence-corrected chi connectivity index (χ0v) is 12.2. The first kappa shape index (κ1) is 15.2. The highest BCUT2D eigenvalue weighted by Gasteiger charge is 2.15. The molecular formula is C15H20N4O2. The number of rotatable bonds is 6. The van der Waals surface area contributed by atoms with E-state index in [0.29, 0.717) is 17.3 Å². The molecule has 1 aromatic heterocycles. The largest absolute Gasteiger partial charge is 0.394 e. The first-order chi connectivity index (χ1) is 10.1. The number of aromatic amines is 1. The monoisotopic (exact) mass is 288 g/mol. The van der Waals surface area contributed by atoms with Gasteiger partial charge >= 0.3 is 0 Å². The van der Waals surface area contributed by atoms with Crippen LogP contribution in [0, 0.1) is 5.92 Å². The third-order valence-electron chi connectivity index (χ3n) is 3.12. The smallest absolute Gasteiger partial charge is 0.251 e. The minimum atomic E-state index is -0.230. The van der Waals surface area contributed by atoms with Gasteiger partial charge in [-0.05, 0) is 24.5 Å². The molecule has 1 aromatic carbocycles. The molecule has 6 nitrogen and oxygen atoms in total. The topological polar surface area (TPSA) is 90.9 Å². The Morgan fingerprint density at radius 3 is 2.86 bits per heavy atom. The average Bonchev–Trinajstić information content (AvgIpc) is 3.00. The van der Waals surface area contributed by atoms with Gasteiger partial charge in [0, 0.05) is 11.1 Å². The number of nitrogens with zero attached hydrogens (tertiary/aromatic N) is 2.